The average Bonchev–Trinajstić information content (AvgIpc) is 3.36. The topological polar surface area (TPSA) is 95.9 Å². The predicted molar refractivity (Wildman–Crippen MR) is 106 cm³/mol. The monoisotopic (exact) mass is 378 g/mol. The number of carbonyl (C=O) groups is 2. The Balaban J connectivity index is 1.48. The van der Waals surface area contributed by atoms with Gasteiger partial charge in [0.25, 0.3) is 5.91 Å². The van der Waals surface area contributed by atoms with Gasteiger partial charge >= 0.3 is 0 Å². The number of anilines is 2. The van der Waals surface area contributed by atoms with E-state index in [1.807, 2.05) is 33.0 Å². The smallest absolute Gasteiger partial charge is 0.273 e. The van der Waals surface area contributed by atoms with Crippen LogP contribution in [0.3, 0.4) is 0 Å². The van der Waals surface area contributed by atoms with Crippen molar-refractivity contribution in [1.82, 2.24) is 20.0 Å². The van der Waals surface area contributed by atoms with Gasteiger partial charge in [0.1, 0.15) is 5.69 Å². The maximum Gasteiger partial charge on any atom is 0.273 e. The first-order valence-electron chi connectivity index (χ1n) is 9.22. The van der Waals surface area contributed by atoms with E-state index in [9.17, 15) is 9.59 Å². The molecule has 2 amide bonds. The van der Waals surface area contributed by atoms with Crippen molar-refractivity contribution in [3.8, 4) is 11.3 Å². The summed E-state index contributed by atoms with van der Waals surface area (Å²) < 4.78 is 1.80. The minimum absolute atomic E-state index is 0.141. The van der Waals surface area contributed by atoms with Crippen LogP contribution in [0.25, 0.3) is 11.3 Å². The lowest BCUT2D eigenvalue weighted by molar-refractivity contribution is -0.117. The molecule has 2 aromatic heterocycles. The maximum absolute atomic E-state index is 12.6. The van der Waals surface area contributed by atoms with Gasteiger partial charge < -0.3 is 10.2 Å². The molecule has 28 heavy (non-hydrogen) atoms. The first-order chi connectivity index (χ1) is 13.4. The molecule has 3 heterocycles. The molecule has 0 radical (unpaired) electrons. The summed E-state index contributed by atoms with van der Waals surface area (Å²) in [6.45, 7) is 4.63. The fraction of sp³-hybridized carbons (Fsp3) is 0.300. The number of rotatable bonds is 4. The molecule has 0 bridgehead atoms. The first kappa shape index (κ1) is 18.0. The van der Waals surface area contributed by atoms with Gasteiger partial charge in [0.15, 0.2) is 0 Å². The summed E-state index contributed by atoms with van der Waals surface area (Å²) in [6.07, 6.45) is 1.48. The highest BCUT2D eigenvalue weighted by Gasteiger charge is 2.21. The van der Waals surface area contributed by atoms with Crippen LogP contribution in [0.4, 0.5) is 11.4 Å². The zero-order valence-electron chi connectivity index (χ0n) is 16.1. The lowest BCUT2D eigenvalue weighted by Gasteiger charge is -2.16. The number of nitrogens with zero attached hydrogens (tertiary/aromatic N) is 4. The van der Waals surface area contributed by atoms with E-state index in [1.54, 1.807) is 27.8 Å². The van der Waals surface area contributed by atoms with Crippen LogP contribution in [-0.4, -0.2) is 38.3 Å². The lowest BCUT2D eigenvalue weighted by atomic mass is 10.1. The van der Waals surface area contributed by atoms with Gasteiger partial charge in [-0.25, -0.2) is 0 Å². The lowest BCUT2D eigenvalue weighted by Crippen LogP contribution is -2.23. The van der Waals surface area contributed by atoms with Gasteiger partial charge in [-0.2, -0.15) is 10.2 Å². The van der Waals surface area contributed by atoms with Gasteiger partial charge in [-0.1, -0.05) is 0 Å². The molecule has 1 fully saturated rings. The third-order valence-electron chi connectivity index (χ3n) is 5.10. The third-order valence-corrected chi connectivity index (χ3v) is 5.10. The van der Waals surface area contributed by atoms with E-state index in [1.165, 1.54) is 0 Å². The fourth-order valence-corrected chi connectivity index (χ4v) is 3.55. The standard InChI is InChI=1S/C20H22N6O2/c1-12-19(13(2)25(3)24-12)16-11-17(23-22-16)20(28)21-14-6-8-15(9-7-14)26-10-4-5-18(26)27/h6-9,11H,4-5,10H2,1-3H3,(H,21,28)(H,22,23). The van der Waals surface area contributed by atoms with Gasteiger partial charge in [-0.05, 0) is 50.6 Å². The summed E-state index contributed by atoms with van der Waals surface area (Å²) in [6, 6.07) is 9.01. The Kier molecular flexibility index (Phi) is 4.46. The average molecular weight is 378 g/mol. The second kappa shape index (κ2) is 6.95. The van der Waals surface area contributed by atoms with Crippen LogP contribution >= 0.6 is 0 Å². The van der Waals surface area contributed by atoms with Crippen LogP contribution in [-0.2, 0) is 11.8 Å². The number of carbonyl (C=O) groups excluding carboxylic acids is 2. The van der Waals surface area contributed by atoms with Gasteiger partial charge in [0, 0.05) is 42.6 Å². The molecule has 0 spiro atoms. The molecular formula is C20H22N6O2. The van der Waals surface area contributed by atoms with Crippen molar-refractivity contribution >= 4 is 23.2 Å². The van der Waals surface area contributed by atoms with Crippen molar-refractivity contribution in [2.75, 3.05) is 16.8 Å². The van der Waals surface area contributed by atoms with E-state index in [4.69, 9.17) is 0 Å². The predicted octanol–water partition coefficient (Wildman–Crippen LogP) is 2.81. The van der Waals surface area contributed by atoms with Crippen LogP contribution < -0.4 is 10.2 Å². The second-order valence-corrected chi connectivity index (χ2v) is 6.99. The van der Waals surface area contributed by atoms with E-state index in [0.717, 1.165) is 35.6 Å². The summed E-state index contributed by atoms with van der Waals surface area (Å²) in [7, 11) is 1.88. The summed E-state index contributed by atoms with van der Waals surface area (Å²) >= 11 is 0. The molecule has 4 rings (SSSR count). The minimum Gasteiger partial charge on any atom is -0.321 e. The Bertz CT molecular complexity index is 1050. The zero-order valence-corrected chi connectivity index (χ0v) is 16.1. The molecule has 3 aromatic rings. The summed E-state index contributed by atoms with van der Waals surface area (Å²) in [5, 5.41) is 14.3. The quantitative estimate of drug-likeness (QED) is 0.730. The Morgan fingerprint density at radius 2 is 1.96 bits per heavy atom. The Hall–Kier alpha value is -3.42. The summed E-state index contributed by atoms with van der Waals surface area (Å²) in [5.41, 5.74) is 5.36. The molecule has 0 saturated carbocycles. The number of aromatic amines is 1. The fourth-order valence-electron chi connectivity index (χ4n) is 3.55. The van der Waals surface area contributed by atoms with Crippen LogP contribution in [0.1, 0.15) is 34.7 Å². The van der Waals surface area contributed by atoms with Crippen LogP contribution in [0.5, 0.6) is 0 Å². The molecule has 2 N–H and O–H groups in total. The van der Waals surface area contributed by atoms with Crippen LogP contribution in [0.2, 0.25) is 0 Å². The molecule has 1 aliphatic rings. The number of benzene rings is 1. The Morgan fingerprint density at radius 3 is 2.57 bits per heavy atom. The molecule has 1 aromatic carbocycles. The third kappa shape index (κ3) is 3.17. The van der Waals surface area contributed by atoms with Gasteiger partial charge in [-0.15, -0.1) is 0 Å². The highest BCUT2D eigenvalue weighted by molar-refractivity contribution is 6.03. The van der Waals surface area contributed by atoms with Crippen molar-refractivity contribution in [1.29, 1.82) is 0 Å². The SMILES string of the molecule is Cc1nn(C)c(C)c1-c1cc(C(=O)Nc2ccc(N3CCCC3=O)cc2)[nH]n1. The van der Waals surface area contributed by atoms with E-state index >= 15 is 0 Å². The number of H-pyrrole nitrogens is 1. The van der Waals surface area contributed by atoms with Crippen molar-refractivity contribution in [3.05, 3.63) is 47.4 Å². The van der Waals surface area contributed by atoms with Crippen molar-refractivity contribution in [2.45, 2.75) is 26.7 Å². The molecule has 144 valence electrons. The van der Waals surface area contributed by atoms with E-state index in [2.05, 4.69) is 20.6 Å². The highest BCUT2D eigenvalue weighted by atomic mass is 16.2. The highest BCUT2D eigenvalue weighted by Crippen LogP contribution is 2.26. The van der Waals surface area contributed by atoms with Crippen molar-refractivity contribution in [3.63, 3.8) is 0 Å². The van der Waals surface area contributed by atoms with E-state index in [-0.39, 0.29) is 11.8 Å². The Labute approximate surface area is 162 Å². The maximum atomic E-state index is 12.6. The number of amides is 2. The molecule has 0 unspecified atom stereocenters. The van der Waals surface area contributed by atoms with Gasteiger partial charge in [-0.3, -0.25) is 19.4 Å². The largest absolute Gasteiger partial charge is 0.321 e. The van der Waals surface area contributed by atoms with Gasteiger partial charge in [0.2, 0.25) is 5.91 Å². The molecule has 0 aliphatic carbocycles. The molecule has 8 nitrogen and oxygen atoms in total. The van der Waals surface area contributed by atoms with Crippen molar-refractivity contribution in [2.24, 2.45) is 7.05 Å². The molecule has 1 saturated heterocycles. The van der Waals surface area contributed by atoms with E-state index < -0.39 is 0 Å². The molecule has 0 atom stereocenters. The number of aryl methyl sites for hydroxylation is 2. The second-order valence-electron chi connectivity index (χ2n) is 6.99. The van der Waals surface area contributed by atoms with Crippen molar-refractivity contribution < 1.29 is 9.59 Å². The molecular weight excluding hydrogens is 356 g/mol. The summed E-state index contributed by atoms with van der Waals surface area (Å²) in [4.78, 5) is 26.2. The van der Waals surface area contributed by atoms with Crippen LogP contribution in [0.15, 0.2) is 30.3 Å². The zero-order chi connectivity index (χ0) is 19.8. The normalized spacial score (nSPS) is 14.0. The summed E-state index contributed by atoms with van der Waals surface area (Å²) in [5.74, 6) is -0.134. The van der Waals surface area contributed by atoms with E-state index in [0.29, 0.717) is 23.5 Å². The minimum atomic E-state index is -0.275. The Morgan fingerprint density at radius 1 is 1.21 bits per heavy atom. The number of hydrogen-bond donors (Lipinski definition) is 2. The first-order valence-corrected chi connectivity index (χ1v) is 9.22. The van der Waals surface area contributed by atoms with Crippen LogP contribution in [0, 0.1) is 13.8 Å². The number of nitrogens with one attached hydrogen (secondary N) is 2. The molecule has 8 heteroatoms. The number of hydrogen-bond acceptors (Lipinski definition) is 4. The number of aromatic nitrogens is 4. The van der Waals surface area contributed by atoms with Gasteiger partial charge in [0.05, 0.1) is 11.4 Å². The molecule has 1 aliphatic heterocycles.